The van der Waals surface area contributed by atoms with Crippen molar-refractivity contribution in [2.24, 2.45) is 5.92 Å². The van der Waals surface area contributed by atoms with Gasteiger partial charge < -0.3 is 9.64 Å². The Morgan fingerprint density at radius 2 is 2.25 bits per heavy atom. The molecule has 5 heteroatoms. The predicted molar refractivity (Wildman–Crippen MR) is 98.7 cm³/mol. The van der Waals surface area contributed by atoms with E-state index in [0.717, 1.165) is 46.8 Å². The van der Waals surface area contributed by atoms with Crippen molar-refractivity contribution in [3.05, 3.63) is 29.8 Å². The Kier molecular flexibility index (Phi) is 5.29. The molecule has 0 spiro atoms. The van der Waals surface area contributed by atoms with Crippen LogP contribution in [0.1, 0.15) is 25.3 Å². The molecule has 128 valence electrons. The van der Waals surface area contributed by atoms with E-state index in [2.05, 4.69) is 13.0 Å². The van der Waals surface area contributed by atoms with E-state index in [1.807, 2.05) is 30.0 Å². The summed E-state index contributed by atoms with van der Waals surface area (Å²) in [5, 5.41) is 2.00. The minimum atomic E-state index is 0.225. The number of likely N-dealkylation sites (tertiary alicyclic amines) is 1. The van der Waals surface area contributed by atoms with Crippen molar-refractivity contribution in [3.8, 4) is 5.75 Å². The maximum atomic E-state index is 12.4. The number of piperidine rings is 1. The zero-order valence-corrected chi connectivity index (χ0v) is 15.4. The molecule has 0 N–H and O–H groups in total. The zero-order chi connectivity index (χ0) is 17.1. The SMILES string of the molecule is COc1ccc2nc(SCC(=O)N3CCC[C@@H](C)C3)c(C)cc2c1. The fourth-order valence-corrected chi connectivity index (χ4v) is 4.05. The van der Waals surface area contributed by atoms with E-state index >= 15 is 0 Å². The third kappa shape index (κ3) is 3.83. The van der Waals surface area contributed by atoms with Crippen molar-refractivity contribution >= 4 is 28.6 Å². The van der Waals surface area contributed by atoms with Crippen molar-refractivity contribution < 1.29 is 9.53 Å². The van der Waals surface area contributed by atoms with Gasteiger partial charge in [-0.3, -0.25) is 4.79 Å². The van der Waals surface area contributed by atoms with Gasteiger partial charge in [-0.25, -0.2) is 4.98 Å². The van der Waals surface area contributed by atoms with Crippen LogP contribution in [0.3, 0.4) is 0 Å². The first-order valence-electron chi connectivity index (χ1n) is 8.43. The summed E-state index contributed by atoms with van der Waals surface area (Å²) in [6.45, 7) is 6.05. The van der Waals surface area contributed by atoms with Gasteiger partial charge in [-0.2, -0.15) is 0 Å². The third-order valence-corrected chi connectivity index (χ3v) is 5.59. The molecule has 2 aromatic rings. The van der Waals surface area contributed by atoms with E-state index in [1.54, 1.807) is 18.9 Å². The summed E-state index contributed by atoms with van der Waals surface area (Å²) in [6.07, 6.45) is 2.35. The summed E-state index contributed by atoms with van der Waals surface area (Å²) in [5.41, 5.74) is 2.03. The quantitative estimate of drug-likeness (QED) is 0.789. The number of rotatable bonds is 4. The van der Waals surface area contributed by atoms with Crippen molar-refractivity contribution in [1.29, 1.82) is 0 Å². The van der Waals surface area contributed by atoms with Crippen molar-refractivity contribution in [1.82, 2.24) is 9.88 Å². The van der Waals surface area contributed by atoms with Gasteiger partial charge in [-0.1, -0.05) is 18.7 Å². The highest BCUT2D eigenvalue weighted by Crippen LogP contribution is 2.27. The molecule has 1 aliphatic heterocycles. The van der Waals surface area contributed by atoms with Gasteiger partial charge in [0.2, 0.25) is 5.91 Å². The number of nitrogens with zero attached hydrogens (tertiary/aromatic N) is 2. The van der Waals surface area contributed by atoms with Gasteiger partial charge >= 0.3 is 0 Å². The van der Waals surface area contributed by atoms with Gasteiger partial charge in [0.05, 0.1) is 18.4 Å². The molecule has 2 heterocycles. The number of aryl methyl sites for hydroxylation is 1. The second kappa shape index (κ2) is 7.43. The number of benzene rings is 1. The average Bonchev–Trinajstić information content (AvgIpc) is 2.59. The number of ether oxygens (including phenoxy) is 1. The van der Waals surface area contributed by atoms with E-state index in [4.69, 9.17) is 9.72 Å². The molecule has 1 amide bonds. The summed E-state index contributed by atoms with van der Waals surface area (Å²) in [5.74, 6) is 2.13. The van der Waals surface area contributed by atoms with Gasteiger partial charge in [0, 0.05) is 18.5 Å². The van der Waals surface area contributed by atoms with E-state index in [9.17, 15) is 4.79 Å². The number of amides is 1. The first kappa shape index (κ1) is 17.1. The number of hydrogen-bond acceptors (Lipinski definition) is 4. The van der Waals surface area contributed by atoms with Crippen molar-refractivity contribution in [3.63, 3.8) is 0 Å². The molecular formula is C19H24N2O2S. The standard InChI is InChI=1S/C19H24N2O2S/c1-13-5-4-8-21(11-13)18(22)12-24-19-14(2)9-15-10-16(23-3)6-7-17(15)20-19/h6-7,9-10,13H,4-5,8,11-12H2,1-3H3/t13-/m1/s1. The highest BCUT2D eigenvalue weighted by Gasteiger charge is 2.21. The molecule has 1 aliphatic rings. The van der Waals surface area contributed by atoms with Crippen LogP contribution in [0.15, 0.2) is 29.3 Å². The van der Waals surface area contributed by atoms with Gasteiger partial charge in [0.1, 0.15) is 10.8 Å². The molecule has 0 saturated carbocycles. The summed E-state index contributed by atoms with van der Waals surface area (Å²) in [6, 6.07) is 7.98. The van der Waals surface area contributed by atoms with Gasteiger partial charge in [-0.05, 0) is 55.5 Å². The Morgan fingerprint density at radius 3 is 3.00 bits per heavy atom. The fraction of sp³-hybridized carbons (Fsp3) is 0.474. The Hall–Kier alpha value is -1.75. The van der Waals surface area contributed by atoms with Crippen LogP contribution in [0.25, 0.3) is 10.9 Å². The molecule has 0 unspecified atom stereocenters. The average molecular weight is 344 g/mol. The summed E-state index contributed by atoms with van der Waals surface area (Å²) in [4.78, 5) is 19.2. The first-order valence-corrected chi connectivity index (χ1v) is 9.41. The molecule has 1 fully saturated rings. The Morgan fingerprint density at radius 1 is 1.42 bits per heavy atom. The Balaban J connectivity index is 1.70. The molecule has 24 heavy (non-hydrogen) atoms. The maximum Gasteiger partial charge on any atom is 0.232 e. The number of fused-ring (bicyclic) bond motifs is 1. The number of carbonyl (C=O) groups excluding carboxylic acids is 1. The molecule has 0 aliphatic carbocycles. The molecule has 0 radical (unpaired) electrons. The summed E-state index contributed by atoms with van der Waals surface area (Å²) in [7, 11) is 1.67. The van der Waals surface area contributed by atoms with Crippen LogP contribution in [0.4, 0.5) is 0 Å². The number of hydrogen-bond donors (Lipinski definition) is 0. The van der Waals surface area contributed by atoms with Crippen LogP contribution in [-0.4, -0.2) is 41.7 Å². The second-order valence-corrected chi connectivity index (χ2v) is 7.51. The number of aromatic nitrogens is 1. The largest absolute Gasteiger partial charge is 0.497 e. The summed E-state index contributed by atoms with van der Waals surface area (Å²) >= 11 is 1.54. The van der Waals surface area contributed by atoms with Crippen molar-refractivity contribution in [2.75, 3.05) is 26.0 Å². The topological polar surface area (TPSA) is 42.4 Å². The smallest absolute Gasteiger partial charge is 0.232 e. The van der Waals surface area contributed by atoms with E-state index < -0.39 is 0 Å². The van der Waals surface area contributed by atoms with Gasteiger partial charge in [0.25, 0.3) is 0 Å². The molecule has 3 rings (SSSR count). The fourth-order valence-electron chi connectivity index (χ4n) is 3.15. The normalized spacial score (nSPS) is 18.0. The zero-order valence-electron chi connectivity index (χ0n) is 14.5. The van der Waals surface area contributed by atoms with Crippen LogP contribution in [0.2, 0.25) is 0 Å². The number of methoxy groups -OCH3 is 1. The molecule has 1 aromatic carbocycles. The number of thioether (sulfide) groups is 1. The summed E-state index contributed by atoms with van der Waals surface area (Å²) < 4.78 is 5.26. The van der Waals surface area contributed by atoms with E-state index in [1.165, 1.54) is 6.42 Å². The van der Waals surface area contributed by atoms with Crippen LogP contribution in [0, 0.1) is 12.8 Å². The van der Waals surface area contributed by atoms with E-state index in [-0.39, 0.29) is 5.91 Å². The molecule has 1 saturated heterocycles. The first-order chi connectivity index (χ1) is 11.6. The monoisotopic (exact) mass is 344 g/mol. The molecule has 1 aromatic heterocycles. The van der Waals surface area contributed by atoms with Crippen LogP contribution >= 0.6 is 11.8 Å². The maximum absolute atomic E-state index is 12.4. The van der Waals surface area contributed by atoms with Gasteiger partial charge in [-0.15, -0.1) is 0 Å². The minimum Gasteiger partial charge on any atom is -0.497 e. The second-order valence-electron chi connectivity index (χ2n) is 6.54. The lowest BCUT2D eigenvalue weighted by Gasteiger charge is -2.30. The third-order valence-electron chi connectivity index (χ3n) is 4.51. The Labute approximate surface area is 147 Å². The number of carbonyl (C=O) groups is 1. The van der Waals surface area contributed by atoms with Gasteiger partial charge in [0.15, 0.2) is 0 Å². The highest BCUT2D eigenvalue weighted by atomic mass is 32.2. The molecule has 0 bridgehead atoms. The van der Waals surface area contributed by atoms with Crippen LogP contribution in [0.5, 0.6) is 5.75 Å². The molecule has 4 nitrogen and oxygen atoms in total. The minimum absolute atomic E-state index is 0.225. The lowest BCUT2D eigenvalue weighted by atomic mass is 10.0. The Bertz CT molecular complexity index is 747. The van der Waals surface area contributed by atoms with Crippen LogP contribution < -0.4 is 4.74 Å². The lowest BCUT2D eigenvalue weighted by molar-refractivity contribution is -0.130. The lowest BCUT2D eigenvalue weighted by Crippen LogP contribution is -2.40. The van der Waals surface area contributed by atoms with Crippen molar-refractivity contribution in [2.45, 2.75) is 31.7 Å². The predicted octanol–water partition coefficient (Wildman–Crippen LogP) is 3.90. The van der Waals surface area contributed by atoms with Crippen LogP contribution in [-0.2, 0) is 4.79 Å². The molecular weight excluding hydrogens is 320 g/mol. The highest BCUT2D eigenvalue weighted by molar-refractivity contribution is 7.99. The number of pyridine rings is 1. The molecule has 1 atom stereocenters. The van der Waals surface area contributed by atoms with E-state index in [0.29, 0.717) is 11.7 Å².